The minimum absolute atomic E-state index is 0.00552. The predicted octanol–water partition coefficient (Wildman–Crippen LogP) is 2.30. The molecule has 0 spiro atoms. The second-order valence-electron chi connectivity index (χ2n) is 4.80. The van der Waals surface area contributed by atoms with Crippen molar-refractivity contribution in [3.8, 4) is 0 Å². The topological polar surface area (TPSA) is 53.1 Å². The number of hydrogen-bond donors (Lipinski definition) is 1. The van der Waals surface area contributed by atoms with Crippen LogP contribution in [0.2, 0.25) is 0 Å². The Labute approximate surface area is 110 Å². The highest BCUT2D eigenvalue weighted by Gasteiger charge is 2.27. The van der Waals surface area contributed by atoms with Crippen LogP contribution in [0.4, 0.5) is 13.2 Å². The molecule has 19 heavy (non-hydrogen) atoms. The number of halogens is 3. The van der Waals surface area contributed by atoms with Crippen LogP contribution in [-0.2, 0) is 11.2 Å². The van der Waals surface area contributed by atoms with E-state index in [1.54, 1.807) is 0 Å². The maximum atomic E-state index is 11.8. The van der Waals surface area contributed by atoms with Crippen LogP contribution >= 0.6 is 0 Å². The number of rotatable bonds is 7. The molecule has 2 N–H and O–H groups in total. The fourth-order valence-corrected chi connectivity index (χ4v) is 1.57. The SMILES string of the molecule is CC(C)n1ccc(CC(N)CCOCC(F)(F)F)n1. The standard InChI is InChI=1S/C12H20F3N3O/c1-9(2)18-5-3-11(17-18)7-10(16)4-6-19-8-12(13,14)15/h3,5,9-10H,4,6-8,16H2,1-2H3. The third kappa shape index (κ3) is 6.58. The molecule has 0 aliphatic carbocycles. The summed E-state index contributed by atoms with van der Waals surface area (Å²) in [5.41, 5.74) is 6.67. The van der Waals surface area contributed by atoms with Gasteiger partial charge in [-0.2, -0.15) is 18.3 Å². The first-order valence-electron chi connectivity index (χ1n) is 6.22. The van der Waals surface area contributed by atoms with Gasteiger partial charge in [-0.25, -0.2) is 0 Å². The van der Waals surface area contributed by atoms with Crippen LogP contribution in [0.15, 0.2) is 12.3 Å². The van der Waals surface area contributed by atoms with Gasteiger partial charge in [0, 0.05) is 31.3 Å². The second kappa shape index (κ2) is 6.91. The molecule has 0 saturated carbocycles. The van der Waals surface area contributed by atoms with Gasteiger partial charge in [-0.15, -0.1) is 0 Å². The molecule has 1 aromatic heterocycles. The second-order valence-corrected chi connectivity index (χ2v) is 4.80. The summed E-state index contributed by atoms with van der Waals surface area (Å²) in [6, 6.07) is 1.90. The Hall–Kier alpha value is -1.08. The van der Waals surface area contributed by atoms with Crippen molar-refractivity contribution in [2.24, 2.45) is 5.73 Å². The van der Waals surface area contributed by atoms with Gasteiger partial charge in [0.25, 0.3) is 0 Å². The highest BCUT2D eigenvalue weighted by Crippen LogP contribution is 2.14. The maximum Gasteiger partial charge on any atom is 0.411 e. The van der Waals surface area contributed by atoms with Gasteiger partial charge in [0.2, 0.25) is 0 Å². The monoisotopic (exact) mass is 279 g/mol. The summed E-state index contributed by atoms with van der Waals surface area (Å²) in [6.45, 7) is 2.82. The molecule has 110 valence electrons. The van der Waals surface area contributed by atoms with Gasteiger partial charge in [0.15, 0.2) is 0 Å². The molecule has 1 rings (SSSR count). The summed E-state index contributed by atoms with van der Waals surface area (Å²) >= 11 is 0. The van der Waals surface area contributed by atoms with Gasteiger partial charge >= 0.3 is 6.18 Å². The van der Waals surface area contributed by atoms with Crippen LogP contribution in [0.25, 0.3) is 0 Å². The largest absolute Gasteiger partial charge is 0.411 e. The van der Waals surface area contributed by atoms with E-state index in [0.717, 1.165) is 5.69 Å². The third-order valence-corrected chi connectivity index (χ3v) is 2.56. The molecule has 1 atom stereocenters. The van der Waals surface area contributed by atoms with Crippen molar-refractivity contribution in [2.45, 2.75) is 44.9 Å². The van der Waals surface area contributed by atoms with Gasteiger partial charge in [0.05, 0.1) is 5.69 Å². The Morgan fingerprint density at radius 2 is 2.11 bits per heavy atom. The van der Waals surface area contributed by atoms with Crippen molar-refractivity contribution in [3.05, 3.63) is 18.0 Å². The molecule has 1 heterocycles. The Kier molecular flexibility index (Phi) is 5.81. The summed E-state index contributed by atoms with van der Waals surface area (Å²) in [5, 5.41) is 4.33. The molecule has 0 saturated heterocycles. The van der Waals surface area contributed by atoms with Gasteiger partial charge in [0.1, 0.15) is 6.61 Å². The van der Waals surface area contributed by atoms with Crippen LogP contribution in [0.5, 0.6) is 0 Å². The summed E-state index contributed by atoms with van der Waals surface area (Å²) in [7, 11) is 0. The van der Waals surface area contributed by atoms with Crippen molar-refractivity contribution in [3.63, 3.8) is 0 Å². The molecule has 0 amide bonds. The Morgan fingerprint density at radius 1 is 1.42 bits per heavy atom. The Balaban J connectivity index is 2.25. The molecule has 0 aliphatic heterocycles. The van der Waals surface area contributed by atoms with E-state index in [1.165, 1.54) is 0 Å². The molecule has 0 fully saturated rings. The van der Waals surface area contributed by atoms with Gasteiger partial charge < -0.3 is 10.5 Å². The average molecular weight is 279 g/mol. The van der Waals surface area contributed by atoms with E-state index in [4.69, 9.17) is 5.73 Å². The Bertz CT molecular complexity index is 377. The minimum Gasteiger partial charge on any atom is -0.372 e. The van der Waals surface area contributed by atoms with E-state index >= 15 is 0 Å². The maximum absolute atomic E-state index is 11.8. The number of hydrogen-bond acceptors (Lipinski definition) is 3. The molecule has 0 aromatic carbocycles. The first kappa shape index (κ1) is 16.0. The van der Waals surface area contributed by atoms with Gasteiger partial charge in [-0.1, -0.05) is 0 Å². The van der Waals surface area contributed by atoms with Crippen LogP contribution in [0.1, 0.15) is 32.0 Å². The fraction of sp³-hybridized carbons (Fsp3) is 0.750. The first-order chi connectivity index (χ1) is 8.78. The van der Waals surface area contributed by atoms with Gasteiger partial charge in [-0.05, 0) is 26.3 Å². The van der Waals surface area contributed by atoms with E-state index in [1.807, 2.05) is 30.8 Å². The zero-order valence-corrected chi connectivity index (χ0v) is 11.2. The van der Waals surface area contributed by atoms with E-state index in [9.17, 15) is 13.2 Å². The molecule has 1 aromatic rings. The van der Waals surface area contributed by atoms with E-state index < -0.39 is 12.8 Å². The van der Waals surface area contributed by atoms with Crippen molar-refractivity contribution in [1.82, 2.24) is 9.78 Å². The van der Waals surface area contributed by atoms with Crippen LogP contribution in [0, 0.1) is 0 Å². The molecular formula is C12H20F3N3O. The normalized spacial score (nSPS) is 14.1. The summed E-state index contributed by atoms with van der Waals surface area (Å²) in [6.07, 6.45) is -1.49. The molecular weight excluding hydrogens is 259 g/mol. The number of alkyl halides is 3. The number of aromatic nitrogens is 2. The summed E-state index contributed by atoms with van der Waals surface area (Å²) in [4.78, 5) is 0. The first-order valence-corrected chi connectivity index (χ1v) is 6.22. The lowest BCUT2D eigenvalue weighted by Gasteiger charge is -2.11. The van der Waals surface area contributed by atoms with Crippen LogP contribution in [-0.4, -0.2) is 35.2 Å². The quantitative estimate of drug-likeness (QED) is 0.779. The molecule has 0 radical (unpaired) electrons. The Morgan fingerprint density at radius 3 is 2.63 bits per heavy atom. The van der Waals surface area contributed by atoms with Crippen molar-refractivity contribution in [2.75, 3.05) is 13.2 Å². The van der Waals surface area contributed by atoms with Crippen molar-refractivity contribution < 1.29 is 17.9 Å². The lowest BCUT2D eigenvalue weighted by atomic mass is 10.1. The third-order valence-electron chi connectivity index (χ3n) is 2.56. The predicted molar refractivity (Wildman–Crippen MR) is 65.8 cm³/mol. The summed E-state index contributed by atoms with van der Waals surface area (Å²) in [5.74, 6) is 0. The molecule has 4 nitrogen and oxygen atoms in total. The molecule has 7 heteroatoms. The fourth-order valence-electron chi connectivity index (χ4n) is 1.57. The number of nitrogens with zero attached hydrogens (tertiary/aromatic N) is 2. The molecule has 0 bridgehead atoms. The minimum atomic E-state index is -4.28. The highest BCUT2D eigenvalue weighted by atomic mass is 19.4. The molecule has 1 unspecified atom stereocenters. The molecule has 0 aliphatic rings. The van der Waals surface area contributed by atoms with Gasteiger partial charge in [-0.3, -0.25) is 4.68 Å². The van der Waals surface area contributed by atoms with E-state index in [0.29, 0.717) is 12.8 Å². The summed E-state index contributed by atoms with van der Waals surface area (Å²) < 4.78 is 41.8. The smallest absolute Gasteiger partial charge is 0.372 e. The van der Waals surface area contributed by atoms with Crippen molar-refractivity contribution in [1.29, 1.82) is 0 Å². The number of nitrogens with two attached hydrogens (primary N) is 1. The van der Waals surface area contributed by atoms with Crippen LogP contribution < -0.4 is 5.73 Å². The van der Waals surface area contributed by atoms with Crippen LogP contribution in [0.3, 0.4) is 0 Å². The zero-order chi connectivity index (χ0) is 14.5. The average Bonchev–Trinajstić information content (AvgIpc) is 2.71. The highest BCUT2D eigenvalue weighted by molar-refractivity contribution is 5.01. The van der Waals surface area contributed by atoms with E-state index in [-0.39, 0.29) is 18.7 Å². The zero-order valence-electron chi connectivity index (χ0n) is 11.2. The van der Waals surface area contributed by atoms with Crippen molar-refractivity contribution >= 4 is 0 Å². The lowest BCUT2D eigenvalue weighted by molar-refractivity contribution is -0.174. The number of ether oxygens (including phenoxy) is 1. The van der Waals surface area contributed by atoms with E-state index in [2.05, 4.69) is 9.84 Å². The lowest BCUT2D eigenvalue weighted by Crippen LogP contribution is -2.26.